The molecule has 0 saturated heterocycles. The number of fused-ring (bicyclic) bond motifs is 1. The molecular formula is C15H20N2O4. The van der Waals surface area contributed by atoms with Crippen molar-refractivity contribution < 1.29 is 19.1 Å². The SMILES string of the molecule is CC(C)(C)OC(=O)CNC(=O)[C@@H]1CNc2ccccc2O1. The molecule has 0 unspecified atom stereocenters. The van der Waals surface area contributed by atoms with Gasteiger partial charge < -0.3 is 20.1 Å². The maximum absolute atomic E-state index is 12.0. The zero-order valence-electron chi connectivity index (χ0n) is 12.4. The van der Waals surface area contributed by atoms with E-state index in [1.165, 1.54) is 0 Å². The summed E-state index contributed by atoms with van der Waals surface area (Å²) in [5.74, 6) is -0.191. The van der Waals surface area contributed by atoms with E-state index in [0.29, 0.717) is 12.3 Å². The number of anilines is 1. The van der Waals surface area contributed by atoms with Gasteiger partial charge in [-0.1, -0.05) is 12.1 Å². The van der Waals surface area contributed by atoms with Gasteiger partial charge in [0.25, 0.3) is 5.91 Å². The number of esters is 1. The van der Waals surface area contributed by atoms with Crippen molar-refractivity contribution in [2.45, 2.75) is 32.5 Å². The maximum Gasteiger partial charge on any atom is 0.325 e. The Bertz CT molecular complexity index is 537. The molecule has 0 fully saturated rings. The van der Waals surface area contributed by atoms with Crippen molar-refractivity contribution in [2.75, 3.05) is 18.4 Å². The summed E-state index contributed by atoms with van der Waals surface area (Å²) in [5.41, 5.74) is 0.289. The van der Waals surface area contributed by atoms with E-state index in [-0.39, 0.29) is 12.5 Å². The van der Waals surface area contributed by atoms with Crippen molar-refractivity contribution in [1.29, 1.82) is 0 Å². The minimum Gasteiger partial charge on any atom is -0.477 e. The fourth-order valence-corrected chi connectivity index (χ4v) is 1.91. The van der Waals surface area contributed by atoms with Crippen LogP contribution in [0.15, 0.2) is 24.3 Å². The largest absolute Gasteiger partial charge is 0.477 e. The third-order valence-corrected chi connectivity index (χ3v) is 2.75. The monoisotopic (exact) mass is 292 g/mol. The molecule has 2 N–H and O–H groups in total. The smallest absolute Gasteiger partial charge is 0.325 e. The summed E-state index contributed by atoms with van der Waals surface area (Å²) in [6, 6.07) is 7.39. The number of amides is 1. The lowest BCUT2D eigenvalue weighted by molar-refractivity contribution is -0.154. The molecule has 0 saturated carbocycles. The third-order valence-electron chi connectivity index (χ3n) is 2.75. The Morgan fingerprint density at radius 3 is 2.81 bits per heavy atom. The molecular weight excluding hydrogens is 272 g/mol. The minimum atomic E-state index is -0.665. The Balaban J connectivity index is 1.84. The number of ether oxygens (including phenoxy) is 2. The fourth-order valence-electron chi connectivity index (χ4n) is 1.91. The molecule has 0 radical (unpaired) electrons. The van der Waals surface area contributed by atoms with Crippen molar-refractivity contribution in [1.82, 2.24) is 5.32 Å². The Labute approximate surface area is 123 Å². The first-order valence-corrected chi connectivity index (χ1v) is 6.84. The number of hydrogen-bond donors (Lipinski definition) is 2. The zero-order valence-corrected chi connectivity index (χ0v) is 12.4. The molecule has 6 heteroatoms. The highest BCUT2D eigenvalue weighted by Crippen LogP contribution is 2.28. The molecule has 0 bridgehead atoms. The van der Waals surface area contributed by atoms with Crippen LogP contribution in [0.4, 0.5) is 5.69 Å². The normalized spacial score (nSPS) is 17.0. The van der Waals surface area contributed by atoms with Crippen LogP contribution in [0.25, 0.3) is 0 Å². The van der Waals surface area contributed by atoms with Gasteiger partial charge in [-0.25, -0.2) is 0 Å². The van der Waals surface area contributed by atoms with Gasteiger partial charge in [-0.2, -0.15) is 0 Å². The Morgan fingerprint density at radius 2 is 2.10 bits per heavy atom. The predicted molar refractivity (Wildman–Crippen MR) is 78.2 cm³/mol. The van der Waals surface area contributed by atoms with Gasteiger partial charge in [0, 0.05) is 0 Å². The summed E-state index contributed by atoms with van der Waals surface area (Å²) in [5, 5.41) is 5.64. The van der Waals surface area contributed by atoms with E-state index in [0.717, 1.165) is 5.69 Å². The first-order valence-electron chi connectivity index (χ1n) is 6.84. The van der Waals surface area contributed by atoms with Crippen LogP contribution in [0.1, 0.15) is 20.8 Å². The quantitative estimate of drug-likeness (QED) is 0.822. The molecule has 1 aliphatic rings. The number of hydrogen-bond acceptors (Lipinski definition) is 5. The fraction of sp³-hybridized carbons (Fsp3) is 0.467. The van der Waals surface area contributed by atoms with Gasteiger partial charge in [-0.3, -0.25) is 9.59 Å². The van der Waals surface area contributed by atoms with E-state index in [9.17, 15) is 9.59 Å². The molecule has 0 spiro atoms. The molecule has 1 aliphatic heterocycles. The lowest BCUT2D eigenvalue weighted by Crippen LogP contribution is -2.46. The number of nitrogens with one attached hydrogen (secondary N) is 2. The van der Waals surface area contributed by atoms with Gasteiger partial charge in [0.05, 0.1) is 12.2 Å². The van der Waals surface area contributed by atoms with Gasteiger partial charge in [0.15, 0.2) is 6.10 Å². The topological polar surface area (TPSA) is 76.7 Å². The highest BCUT2D eigenvalue weighted by Gasteiger charge is 2.26. The van der Waals surface area contributed by atoms with Crippen LogP contribution in [-0.2, 0) is 14.3 Å². The van der Waals surface area contributed by atoms with Crippen LogP contribution < -0.4 is 15.4 Å². The second-order valence-corrected chi connectivity index (χ2v) is 5.79. The van der Waals surface area contributed by atoms with Gasteiger partial charge in [-0.05, 0) is 32.9 Å². The maximum atomic E-state index is 12.0. The molecule has 6 nitrogen and oxygen atoms in total. The molecule has 2 rings (SSSR count). The summed E-state index contributed by atoms with van der Waals surface area (Å²) < 4.78 is 10.7. The van der Waals surface area contributed by atoms with Crippen molar-refractivity contribution in [3.05, 3.63) is 24.3 Å². The third kappa shape index (κ3) is 4.37. The molecule has 1 aromatic rings. The van der Waals surface area contributed by atoms with E-state index < -0.39 is 17.7 Å². The second kappa shape index (κ2) is 6.03. The predicted octanol–water partition coefficient (Wildman–Crippen LogP) is 1.32. The number of rotatable bonds is 3. The van der Waals surface area contributed by atoms with Crippen LogP contribution in [0.2, 0.25) is 0 Å². The second-order valence-electron chi connectivity index (χ2n) is 5.79. The minimum absolute atomic E-state index is 0.169. The lowest BCUT2D eigenvalue weighted by Gasteiger charge is -2.26. The van der Waals surface area contributed by atoms with Crippen LogP contribution in [0.3, 0.4) is 0 Å². The number of carbonyl (C=O) groups is 2. The number of para-hydroxylation sites is 2. The molecule has 0 aliphatic carbocycles. The van der Waals surface area contributed by atoms with Crippen molar-refractivity contribution in [2.24, 2.45) is 0 Å². The number of benzene rings is 1. The van der Waals surface area contributed by atoms with Gasteiger partial charge in [0.1, 0.15) is 17.9 Å². The van der Waals surface area contributed by atoms with E-state index in [2.05, 4.69) is 10.6 Å². The molecule has 114 valence electrons. The Kier molecular flexibility index (Phi) is 4.35. The van der Waals surface area contributed by atoms with Crippen LogP contribution in [-0.4, -0.2) is 36.7 Å². The Morgan fingerprint density at radius 1 is 1.38 bits per heavy atom. The summed E-state index contributed by atoms with van der Waals surface area (Å²) in [6.07, 6.45) is -0.665. The summed E-state index contributed by atoms with van der Waals surface area (Å²) in [6.45, 7) is 5.52. The van der Waals surface area contributed by atoms with E-state index in [1.54, 1.807) is 26.8 Å². The lowest BCUT2D eigenvalue weighted by atomic mass is 10.2. The van der Waals surface area contributed by atoms with Gasteiger partial charge >= 0.3 is 5.97 Å². The van der Waals surface area contributed by atoms with E-state index >= 15 is 0 Å². The molecule has 0 aromatic heterocycles. The van der Waals surface area contributed by atoms with Crippen molar-refractivity contribution in [3.63, 3.8) is 0 Å². The average molecular weight is 292 g/mol. The first-order chi connectivity index (χ1) is 9.85. The molecule has 1 aromatic carbocycles. The Hall–Kier alpha value is -2.24. The van der Waals surface area contributed by atoms with Crippen LogP contribution >= 0.6 is 0 Å². The van der Waals surface area contributed by atoms with E-state index in [4.69, 9.17) is 9.47 Å². The number of carbonyl (C=O) groups excluding carboxylic acids is 2. The standard InChI is InChI=1S/C15H20N2O4/c1-15(2,3)21-13(18)9-17-14(19)12-8-16-10-6-4-5-7-11(10)20-12/h4-7,12,16H,8-9H2,1-3H3,(H,17,19)/t12-/m0/s1. The summed E-state index contributed by atoms with van der Waals surface area (Å²) in [4.78, 5) is 23.5. The summed E-state index contributed by atoms with van der Waals surface area (Å²) >= 11 is 0. The van der Waals surface area contributed by atoms with Crippen molar-refractivity contribution in [3.8, 4) is 5.75 Å². The highest BCUT2D eigenvalue weighted by atomic mass is 16.6. The van der Waals surface area contributed by atoms with Crippen molar-refractivity contribution >= 4 is 17.6 Å². The van der Waals surface area contributed by atoms with Crippen LogP contribution in [0, 0.1) is 0 Å². The van der Waals surface area contributed by atoms with Gasteiger partial charge in [0.2, 0.25) is 0 Å². The molecule has 1 heterocycles. The molecule has 1 amide bonds. The van der Waals surface area contributed by atoms with Gasteiger partial charge in [-0.15, -0.1) is 0 Å². The zero-order chi connectivity index (χ0) is 15.5. The molecule has 1 atom stereocenters. The average Bonchev–Trinajstić information content (AvgIpc) is 2.42. The van der Waals surface area contributed by atoms with Crippen LogP contribution in [0.5, 0.6) is 5.75 Å². The highest BCUT2D eigenvalue weighted by molar-refractivity contribution is 5.86. The van der Waals surface area contributed by atoms with E-state index in [1.807, 2.05) is 18.2 Å². The first kappa shape index (κ1) is 15.2. The molecule has 21 heavy (non-hydrogen) atoms. The summed E-state index contributed by atoms with van der Waals surface area (Å²) in [7, 11) is 0.